The number of piperazine rings is 2. The fourth-order valence-corrected chi connectivity index (χ4v) is 13.3. The second kappa shape index (κ2) is 34.1. The molecule has 0 saturated carbocycles. The molecule has 2 saturated heterocycles. The van der Waals surface area contributed by atoms with Gasteiger partial charge in [0.1, 0.15) is 81.4 Å². The molecule has 2 aliphatic rings. The van der Waals surface area contributed by atoms with Crippen molar-refractivity contribution in [1.29, 1.82) is 0 Å². The van der Waals surface area contributed by atoms with E-state index in [4.69, 9.17) is 35.3 Å². The van der Waals surface area contributed by atoms with Crippen LogP contribution < -0.4 is 30.8 Å². The highest BCUT2D eigenvalue weighted by Crippen LogP contribution is 2.47. The summed E-state index contributed by atoms with van der Waals surface area (Å²) in [5.41, 5.74) is -10.2. The lowest BCUT2D eigenvalue weighted by molar-refractivity contribution is -0.386. The average molecular weight is 1570 g/mol. The van der Waals surface area contributed by atoms with Gasteiger partial charge in [0.2, 0.25) is 0 Å². The Morgan fingerprint density at radius 3 is 1.31 bits per heavy atom. The van der Waals surface area contributed by atoms with Crippen molar-refractivity contribution >= 4 is 74.6 Å². The van der Waals surface area contributed by atoms with Crippen LogP contribution in [0.25, 0.3) is 55.4 Å². The van der Waals surface area contributed by atoms with E-state index in [0.29, 0.717) is 6.54 Å². The van der Waals surface area contributed by atoms with Gasteiger partial charge in [0.15, 0.2) is 11.6 Å². The third kappa shape index (κ3) is 17.3. The van der Waals surface area contributed by atoms with Crippen LogP contribution >= 0.6 is 11.6 Å². The first-order valence-electron chi connectivity index (χ1n) is 35.1. The maximum atomic E-state index is 17.7. The van der Waals surface area contributed by atoms with Gasteiger partial charge >= 0.3 is 46.6 Å². The molecule has 2 amide bonds. The standard InChI is InChI=1S/C38H43F3N6O8.C26H22ClF3N4O4.C12H22N2O4/c1-18(2)29-33(30(19(3)4)43-17-42-29)46-31-21(14-23(40)27(28(31)41)26-22(39)12-11-13-25(26)53-9)32(34(35(46)48)47(51)52)45-15-20(5)44(16-24(45)36(49)54-10)37(50)55-38(6,7)8;1-11(2)21-25(22(12(3)4)32-10-31-21)33-23-13(19(27)24(26(33)35)34(36)37)9-15(29)18(20(23)30)17-14(28)7-6-8-16(17)38-5;1-8-6-13-9(10(15)17-5)7-14(8)11(16)18-12(2,3)4/h11-14,17-20,24H,15-16H2,1-10H3;6-12H,1-5H3;8-9,13H,6-7H2,1-5H3/t20-,24-;;8-,9-/m1.1/s1. The minimum Gasteiger partial charge on any atom is -0.496 e. The van der Waals surface area contributed by atoms with Gasteiger partial charge < -0.3 is 48.4 Å². The number of nitrogens with one attached hydrogen (secondary N) is 1. The molecule has 28 nitrogen and oxygen atoms in total. The Morgan fingerprint density at radius 2 is 0.928 bits per heavy atom. The minimum absolute atomic E-state index is 0.00391. The number of benzene rings is 4. The number of amides is 2. The summed E-state index contributed by atoms with van der Waals surface area (Å²) in [6, 6.07) is 5.79. The topological polar surface area (TPSA) is 327 Å². The first kappa shape index (κ1) is 85.6. The van der Waals surface area contributed by atoms with E-state index in [0.717, 1.165) is 45.4 Å². The highest BCUT2D eigenvalue weighted by molar-refractivity contribution is 6.37. The van der Waals surface area contributed by atoms with Crippen LogP contribution in [-0.4, -0.2) is 163 Å². The van der Waals surface area contributed by atoms with Crippen LogP contribution in [0, 0.1) is 55.1 Å². The molecule has 0 bridgehead atoms. The van der Waals surface area contributed by atoms with Crippen molar-refractivity contribution in [1.82, 2.24) is 44.2 Å². The van der Waals surface area contributed by atoms with E-state index in [2.05, 4.69) is 30.0 Å². The number of pyridine rings is 2. The molecular formula is C76H87ClF6N12O16. The van der Waals surface area contributed by atoms with Crippen molar-refractivity contribution < 1.29 is 83.8 Å². The van der Waals surface area contributed by atoms with Gasteiger partial charge in [0.05, 0.1) is 119 Å². The summed E-state index contributed by atoms with van der Waals surface area (Å²) < 4.78 is 129. The van der Waals surface area contributed by atoms with E-state index < -0.39 is 188 Å². The van der Waals surface area contributed by atoms with Crippen molar-refractivity contribution in [2.75, 3.05) is 59.5 Å². The number of halogens is 7. The molecule has 1 N–H and O–H groups in total. The van der Waals surface area contributed by atoms with E-state index in [1.54, 1.807) is 88.0 Å². The Balaban J connectivity index is 0.000000237. The summed E-state index contributed by atoms with van der Waals surface area (Å²) in [6.07, 6.45) is 1.33. The third-order valence-corrected chi connectivity index (χ3v) is 18.4. The van der Waals surface area contributed by atoms with E-state index in [1.807, 2.05) is 27.7 Å². The van der Waals surface area contributed by atoms with Crippen LogP contribution in [0.2, 0.25) is 5.02 Å². The molecule has 0 radical (unpaired) electrons. The Bertz CT molecular complexity index is 5050. The molecule has 4 atom stereocenters. The first-order chi connectivity index (χ1) is 51.9. The minimum atomic E-state index is -1.53. The molecule has 4 aromatic carbocycles. The summed E-state index contributed by atoms with van der Waals surface area (Å²) in [4.78, 5) is 123. The molecule has 8 aromatic rings. The third-order valence-electron chi connectivity index (χ3n) is 18.0. The van der Waals surface area contributed by atoms with Crippen LogP contribution in [0.4, 0.5) is 53.0 Å². The lowest BCUT2D eigenvalue weighted by Gasteiger charge is -2.45. The second-order valence-corrected chi connectivity index (χ2v) is 29.8. The van der Waals surface area contributed by atoms with E-state index in [9.17, 15) is 53.4 Å². The summed E-state index contributed by atoms with van der Waals surface area (Å²) in [5.74, 6) is -10.8. The number of hydrogen-bond donors (Lipinski definition) is 1. The van der Waals surface area contributed by atoms with Gasteiger partial charge in [-0.3, -0.25) is 43.7 Å². The fourth-order valence-electron chi connectivity index (χ4n) is 13.0. The predicted molar refractivity (Wildman–Crippen MR) is 400 cm³/mol. The normalized spacial score (nSPS) is 16.0. The number of carbonyl (C=O) groups excluding carboxylic acids is 4. The number of fused-ring (bicyclic) bond motifs is 2. The molecule has 0 unspecified atom stereocenters. The Labute approximate surface area is 639 Å². The van der Waals surface area contributed by atoms with Crippen molar-refractivity contribution in [3.05, 3.63) is 165 Å². The van der Waals surface area contributed by atoms with E-state index in [1.165, 1.54) is 63.1 Å². The quantitative estimate of drug-likeness (QED) is 0.0327. The number of nitro groups is 2. The Hall–Kier alpha value is -11.0. The molecule has 2 fully saturated rings. The van der Waals surface area contributed by atoms with Gasteiger partial charge in [-0.15, -0.1) is 0 Å². The second-order valence-electron chi connectivity index (χ2n) is 29.4. The fraction of sp³-hybridized carbons (Fsp3) is 0.447. The monoisotopic (exact) mass is 1570 g/mol. The maximum Gasteiger partial charge on any atom is 0.410 e. The molecule has 111 heavy (non-hydrogen) atoms. The summed E-state index contributed by atoms with van der Waals surface area (Å²) in [7, 11) is 4.78. The summed E-state index contributed by atoms with van der Waals surface area (Å²) in [6.45, 7) is 27.9. The van der Waals surface area contributed by atoms with Gasteiger partial charge in [0.25, 0.3) is 0 Å². The summed E-state index contributed by atoms with van der Waals surface area (Å²) in [5, 5.41) is 26.4. The van der Waals surface area contributed by atoms with Gasteiger partial charge in [-0.05, 0) is 115 Å². The molecule has 6 heterocycles. The van der Waals surface area contributed by atoms with Crippen LogP contribution in [0.3, 0.4) is 0 Å². The van der Waals surface area contributed by atoms with Gasteiger partial charge in [-0.2, -0.15) is 0 Å². The maximum absolute atomic E-state index is 17.7. The van der Waals surface area contributed by atoms with Crippen LogP contribution in [-0.2, 0) is 28.5 Å². The first-order valence-corrected chi connectivity index (χ1v) is 35.5. The lowest BCUT2D eigenvalue weighted by atomic mass is 9.96. The van der Waals surface area contributed by atoms with E-state index >= 15 is 22.0 Å². The number of hydrogen-bond acceptors (Lipinski definition) is 22. The zero-order valence-electron chi connectivity index (χ0n) is 64.8. The number of anilines is 1. The molecule has 0 spiro atoms. The number of nitrogens with zero attached hydrogens (tertiary/aromatic N) is 11. The van der Waals surface area contributed by atoms with Crippen molar-refractivity contribution in [3.8, 4) is 45.1 Å². The summed E-state index contributed by atoms with van der Waals surface area (Å²) >= 11 is 6.22. The zero-order chi connectivity index (χ0) is 82.8. The van der Waals surface area contributed by atoms with Crippen molar-refractivity contribution in [2.24, 2.45) is 0 Å². The molecule has 35 heteroatoms. The van der Waals surface area contributed by atoms with Crippen LogP contribution in [0.5, 0.6) is 11.5 Å². The van der Waals surface area contributed by atoms with Crippen molar-refractivity contribution in [3.63, 3.8) is 0 Å². The number of aromatic nitrogens is 6. The molecule has 596 valence electrons. The number of esters is 2. The molecule has 0 aliphatic carbocycles. The lowest BCUT2D eigenvalue weighted by Crippen LogP contribution is -2.62. The average Bonchev–Trinajstić information content (AvgIpc) is 0.715. The molecular weight excluding hydrogens is 1490 g/mol. The smallest absolute Gasteiger partial charge is 0.410 e. The Morgan fingerprint density at radius 1 is 0.541 bits per heavy atom. The van der Waals surface area contributed by atoms with Crippen molar-refractivity contribution in [2.45, 2.75) is 170 Å². The van der Waals surface area contributed by atoms with Crippen LogP contribution in [0.15, 0.2) is 70.8 Å². The largest absolute Gasteiger partial charge is 0.496 e. The Kier molecular flexibility index (Phi) is 26.3. The van der Waals surface area contributed by atoms with Crippen LogP contribution in [0.1, 0.15) is 157 Å². The number of ether oxygens (including phenoxy) is 6. The van der Waals surface area contributed by atoms with E-state index in [-0.39, 0.29) is 82.6 Å². The highest BCUT2D eigenvalue weighted by Gasteiger charge is 2.46. The SMILES string of the molecule is COC(=O)[C@H]1CN(C(=O)OC(C)(C)C)[C@H](C)CN1.COC(=O)[C@H]1CN(C(=O)OC(C)(C)C)[C@H](C)CN1c1c([N+](=O)[O-])c(=O)n(-c2c(C(C)C)ncnc2C(C)C)c2c(F)c(-c3c(F)cccc3OC)c(F)cc12.COc1cccc(F)c1-c1c(F)cc2c(Cl)c([N+](=O)[O-])c(=O)n(-c3c(C(C)C)ncnc3C(C)C)c2c1F. The number of carbonyl (C=O) groups is 4. The van der Waals surface area contributed by atoms with Gasteiger partial charge in [-0.1, -0.05) is 79.1 Å². The van der Waals surface area contributed by atoms with Gasteiger partial charge in [0, 0.05) is 35.9 Å². The number of rotatable bonds is 15. The molecule has 10 rings (SSSR count). The highest BCUT2D eigenvalue weighted by atomic mass is 35.5. The number of methoxy groups -OCH3 is 4. The molecule has 2 aliphatic heterocycles. The van der Waals surface area contributed by atoms with Gasteiger partial charge in [-0.25, -0.2) is 60.7 Å². The zero-order valence-corrected chi connectivity index (χ0v) is 65.6. The predicted octanol–water partition coefficient (Wildman–Crippen LogP) is 14.5. The molecule has 4 aromatic heterocycles.